The van der Waals surface area contributed by atoms with Gasteiger partial charge in [0.15, 0.2) is 5.60 Å². The van der Waals surface area contributed by atoms with Gasteiger partial charge in [-0.25, -0.2) is 0 Å². The number of ether oxygens (including phenoxy) is 1. The van der Waals surface area contributed by atoms with Crippen LogP contribution in [0.4, 0.5) is 0 Å². The maximum absolute atomic E-state index is 5.85. The first-order chi connectivity index (χ1) is 6.06. The molecule has 1 heterocycles. The molecule has 0 aromatic heterocycles. The second-order valence-corrected chi connectivity index (χ2v) is 5.35. The summed E-state index contributed by atoms with van der Waals surface area (Å²) in [7, 11) is 0. The highest BCUT2D eigenvalue weighted by Gasteiger charge is 2.59. The standard InChI is InChI=1S/C12H20O/c1-11(2,3)12-9-7-5-4-6-8-10(12)13-12/h8H,4-7,9H2,1-3H3. The molecule has 0 amide bonds. The fourth-order valence-electron chi connectivity index (χ4n) is 2.37. The van der Waals surface area contributed by atoms with E-state index in [1.807, 2.05) is 0 Å². The Morgan fingerprint density at radius 3 is 2.69 bits per heavy atom. The Balaban J connectivity index is 2.20. The van der Waals surface area contributed by atoms with Crippen LogP contribution < -0.4 is 0 Å². The topological polar surface area (TPSA) is 12.5 Å². The maximum Gasteiger partial charge on any atom is 0.170 e. The van der Waals surface area contributed by atoms with Crippen LogP contribution in [0, 0.1) is 5.41 Å². The minimum Gasteiger partial charge on any atom is -0.479 e. The molecule has 1 heteroatoms. The average Bonchev–Trinajstić information content (AvgIpc) is 2.61. The van der Waals surface area contributed by atoms with E-state index in [1.165, 1.54) is 37.9 Å². The van der Waals surface area contributed by atoms with Gasteiger partial charge in [0.1, 0.15) is 5.76 Å². The van der Waals surface area contributed by atoms with Crippen molar-refractivity contribution in [3.63, 3.8) is 0 Å². The molecule has 0 aromatic rings. The van der Waals surface area contributed by atoms with Gasteiger partial charge in [-0.3, -0.25) is 0 Å². The summed E-state index contributed by atoms with van der Waals surface area (Å²) in [6.45, 7) is 6.86. The van der Waals surface area contributed by atoms with Crippen LogP contribution in [0.2, 0.25) is 0 Å². The van der Waals surface area contributed by atoms with Crippen LogP contribution in [0.15, 0.2) is 11.8 Å². The van der Waals surface area contributed by atoms with Gasteiger partial charge in [0.2, 0.25) is 0 Å². The Hall–Kier alpha value is -0.460. The van der Waals surface area contributed by atoms with Gasteiger partial charge in [0.25, 0.3) is 0 Å². The van der Waals surface area contributed by atoms with E-state index >= 15 is 0 Å². The molecule has 1 atom stereocenters. The van der Waals surface area contributed by atoms with Crippen LogP contribution in [0.25, 0.3) is 0 Å². The SMILES string of the molecule is CC(C)(C)C12CCCCCC=C1O2. The van der Waals surface area contributed by atoms with Crippen LogP contribution in [-0.2, 0) is 4.74 Å². The minimum atomic E-state index is 0.118. The van der Waals surface area contributed by atoms with Crippen LogP contribution >= 0.6 is 0 Å². The van der Waals surface area contributed by atoms with E-state index in [1.54, 1.807) is 0 Å². The monoisotopic (exact) mass is 180 g/mol. The maximum atomic E-state index is 5.85. The number of allylic oxidation sites excluding steroid dienone is 1. The van der Waals surface area contributed by atoms with Crippen LogP contribution in [0.5, 0.6) is 0 Å². The Labute approximate surface area is 81.2 Å². The molecule has 0 spiro atoms. The molecule has 1 nitrogen and oxygen atoms in total. The van der Waals surface area contributed by atoms with Gasteiger partial charge in [-0.1, -0.05) is 27.2 Å². The smallest absolute Gasteiger partial charge is 0.170 e. The van der Waals surface area contributed by atoms with Crippen molar-refractivity contribution < 1.29 is 4.74 Å². The van der Waals surface area contributed by atoms with E-state index in [0.29, 0.717) is 0 Å². The summed E-state index contributed by atoms with van der Waals surface area (Å²) in [4.78, 5) is 0. The summed E-state index contributed by atoms with van der Waals surface area (Å²) < 4.78 is 5.85. The van der Waals surface area contributed by atoms with E-state index in [2.05, 4.69) is 26.8 Å². The second-order valence-electron chi connectivity index (χ2n) is 5.35. The lowest BCUT2D eigenvalue weighted by Crippen LogP contribution is -2.29. The molecule has 2 rings (SSSR count). The number of rotatable bonds is 0. The largest absolute Gasteiger partial charge is 0.479 e. The van der Waals surface area contributed by atoms with Gasteiger partial charge in [0, 0.05) is 5.41 Å². The first-order valence-electron chi connectivity index (χ1n) is 5.46. The number of hydrogen-bond acceptors (Lipinski definition) is 1. The first kappa shape index (κ1) is 9.11. The summed E-state index contributed by atoms with van der Waals surface area (Å²) >= 11 is 0. The molecule has 74 valence electrons. The zero-order valence-electron chi connectivity index (χ0n) is 9.02. The molecule has 1 aliphatic heterocycles. The third-order valence-electron chi connectivity index (χ3n) is 3.41. The Bertz CT molecular complexity index is 234. The van der Waals surface area contributed by atoms with Gasteiger partial charge >= 0.3 is 0 Å². The molecular weight excluding hydrogens is 160 g/mol. The Morgan fingerprint density at radius 2 is 2.00 bits per heavy atom. The van der Waals surface area contributed by atoms with E-state index in [9.17, 15) is 0 Å². The van der Waals surface area contributed by atoms with Crippen molar-refractivity contribution in [2.45, 2.75) is 58.5 Å². The first-order valence-corrected chi connectivity index (χ1v) is 5.46. The molecule has 1 fully saturated rings. The minimum absolute atomic E-state index is 0.118. The lowest BCUT2D eigenvalue weighted by Gasteiger charge is -2.26. The fourth-order valence-corrected chi connectivity index (χ4v) is 2.37. The van der Waals surface area contributed by atoms with Gasteiger partial charge < -0.3 is 4.74 Å². The highest BCUT2D eigenvalue weighted by Crippen LogP contribution is 2.57. The summed E-state index contributed by atoms with van der Waals surface area (Å²) in [5.41, 5.74) is 0.392. The molecule has 1 saturated heterocycles. The normalized spacial score (nSPS) is 33.6. The van der Waals surface area contributed by atoms with Crippen LogP contribution in [0.1, 0.15) is 52.9 Å². The number of hydrogen-bond donors (Lipinski definition) is 0. The van der Waals surface area contributed by atoms with E-state index in [-0.39, 0.29) is 11.0 Å². The fraction of sp³-hybridized carbons (Fsp3) is 0.833. The molecule has 0 aromatic carbocycles. The third kappa shape index (κ3) is 1.38. The van der Waals surface area contributed by atoms with Gasteiger partial charge in [0.05, 0.1) is 0 Å². The van der Waals surface area contributed by atoms with Crippen molar-refractivity contribution in [1.82, 2.24) is 0 Å². The van der Waals surface area contributed by atoms with Crippen molar-refractivity contribution in [3.05, 3.63) is 11.8 Å². The van der Waals surface area contributed by atoms with Crippen LogP contribution in [0.3, 0.4) is 0 Å². The van der Waals surface area contributed by atoms with Crippen molar-refractivity contribution in [2.24, 2.45) is 5.41 Å². The van der Waals surface area contributed by atoms with Gasteiger partial charge in [-0.05, 0) is 31.8 Å². The lowest BCUT2D eigenvalue weighted by atomic mass is 9.76. The van der Waals surface area contributed by atoms with E-state index in [0.717, 1.165) is 0 Å². The molecule has 2 aliphatic rings. The average molecular weight is 180 g/mol. The molecule has 0 N–H and O–H groups in total. The van der Waals surface area contributed by atoms with Crippen molar-refractivity contribution in [2.75, 3.05) is 0 Å². The van der Waals surface area contributed by atoms with Crippen LogP contribution in [-0.4, -0.2) is 5.60 Å². The highest BCUT2D eigenvalue weighted by molar-refractivity contribution is 5.29. The second kappa shape index (κ2) is 2.76. The predicted octanol–water partition coefficient (Wildman–Crippen LogP) is 3.65. The molecule has 0 bridgehead atoms. The Kier molecular flexibility index (Phi) is 1.94. The molecule has 0 radical (unpaired) electrons. The molecule has 0 saturated carbocycles. The summed E-state index contributed by atoms with van der Waals surface area (Å²) in [6.07, 6.45) is 8.78. The third-order valence-corrected chi connectivity index (χ3v) is 3.41. The lowest BCUT2D eigenvalue weighted by molar-refractivity contribution is 0.142. The summed E-state index contributed by atoms with van der Waals surface area (Å²) in [5.74, 6) is 1.28. The number of fused-ring (bicyclic) bond motifs is 1. The quantitative estimate of drug-likeness (QED) is 0.518. The predicted molar refractivity (Wildman–Crippen MR) is 54.4 cm³/mol. The van der Waals surface area contributed by atoms with Gasteiger partial charge in [-0.15, -0.1) is 0 Å². The molecular formula is C12H20O. The molecule has 13 heavy (non-hydrogen) atoms. The zero-order valence-corrected chi connectivity index (χ0v) is 9.02. The molecule has 1 unspecified atom stereocenters. The van der Waals surface area contributed by atoms with Crippen molar-refractivity contribution in [3.8, 4) is 0 Å². The summed E-state index contributed by atoms with van der Waals surface area (Å²) in [6, 6.07) is 0. The van der Waals surface area contributed by atoms with E-state index < -0.39 is 0 Å². The van der Waals surface area contributed by atoms with Crippen molar-refractivity contribution in [1.29, 1.82) is 0 Å². The molecule has 1 aliphatic carbocycles. The van der Waals surface area contributed by atoms with Crippen molar-refractivity contribution >= 4 is 0 Å². The number of epoxide rings is 1. The summed E-state index contributed by atoms with van der Waals surface area (Å²) in [5, 5.41) is 0. The Morgan fingerprint density at radius 1 is 1.23 bits per heavy atom. The van der Waals surface area contributed by atoms with Gasteiger partial charge in [-0.2, -0.15) is 0 Å². The zero-order chi connectivity index (χ0) is 9.53. The van der Waals surface area contributed by atoms with E-state index in [4.69, 9.17) is 4.74 Å². The highest BCUT2D eigenvalue weighted by atomic mass is 16.6.